The first kappa shape index (κ1) is 29.0. The summed E-state index contributed by atoms with van der Waals surface area (Å²) >= 11 is 7.45. The van der Waals surface area contributed by atoms with E-state index in [2.05, 4.69) is 26.5 Å². The van der Waals surface area contributed by atoms with Crippen LogP contribution in [0.15, 0.2) is 48.0 Å². The molecule has 6 nitrogen and oxygen atoms in total. The Kier molecular flexibility index (Phi) is 10.9. The molecular formula is C24H28ClF2N2O4PS+2. The monoisotopic (exact) mass is 544 g/mol. The molecule has 0 aliphatic carbocycles. The van der Waals surface area contributed by atoms with Crippen molar-refractivity contribution in [2.75, 3.05) is 40.5 Å². The fraction of sp³-hybridized carbons (Fsp3) is 0.292. The van der Waals surface area contributed by atoms with Crippen LogP contribution < -0.4 is 5.32 Å². The van der Waals surface area contributed by atoms with Gasteiger partial charge in [0.2, 0.25) is 5.91 Å². The number of nitrogens with zero attached hydrogens (tertiary/aromatic N) is 1. The van der Waals surface area contributed by atoms with Crippen LogP contribution in [-0.2, 0) is 9.36 Å². The zero-order valence-corrected chi connectivity index (χ0v) is 22.0. The van der Waals surface area contributed by atoms with Gasteiger partial charge in [-0.25, -0.2) is 8.78 Å². The van der Waals surface area contributed by atoms with Crippen LogP contribution in [0, 0.1) is 11.6 Å². The highest BCUT2D eigenvalue weighted by molar-refractivity contribution is 7.38. The van der Waals surface area contributed by atoms with Crippen molar-refractivity contribution in [3.05, 3.63) is 75.8 Å². The molecule has 2 aromatic carbocycles. The smallest absolute Gasteiger partial charge is 0.391 e. The van der Waals surface area contributed by atoms with Crippen molar-refractivity contribution in [1.29, 1.82) is 0 Å². The highest BCUT2D eigenvalue weighted by Gasteiger charge is 2.31. The zero-order chi connectivity index (χ0) is 26.2. The molecule has 0 radical (unpaired) electrons. The Morgan fingerprint density at radius 1 is 1.20 bits per heavy atom. The minimum absolute atomic E-state index is 0.251. The topological polar surface area (TPSA) is 86.6 Å². The number of benzene rings is 2. The number of quaternary nitrogens is 1. The first-order chi connectivity index (χ1) is 16.4. The van der Waals surface area contributed by atoms with Crippen molar-refractivity contribution < 1.29 is 32.6 Å². The Balaban J connectivity index is 0.000000540. The predicted octanol–water partition coefficient (Wildman–Crippen LogP) is 5.12. The van der Waals surface area contributed by atoms with E-state index in [9.17, 15) is 23.0 Å². The Hall–Kier alpha value is -2.26. The maximum Gasteiger partial charge on any atom is 0.506 e. The van der Waals surface area contributed by atoms with Crippen LogP contribution in [0.4, 0.5) is 8.78 Å². The number of likely N-dealkylation sites (N-methyl/N-ethyl adjacent to an activating group) is 1. The van der Waals surface area contributed by atoms with E-state index in [1.165, 1.54) is 29.7 Å². The maximum atomic E-state index is 13.2. The van der Waals surface area contributed by atoms with E-state index in [1.807, 2.05) is 6.07 Å². The van der Waals surface area contributed by atoms with Crippen LogP contribution in [0.3, 0.4) is 0 Å². The molecule has 188 valence electrons. The number of carbonyl (C=O) groups excluding carboxylic acids is 1. The van der Waals surface area contributed by atoms with Crippen LogP contribution in [0.1, 0.15) is 17.0 Å². The lowest BCUT2D eigenvalue weighted by atomic mass is 9.99. The third-order valence-electron chi connectivity index (χ3n) is 4.81. The third-order valence-corrected chi connectivity index (χ3v) is 6.71. The van der Waals surface area contributed by atoms with E-state index in [0.29, 0.717) is 16.1 Å². The molecule has 0 fully saturated rings. The average molecular weight is 545 g/mol. The van der Waals surface area contributed by atoms with Crippen LogP contribution in [0.2, 0.25) is 5.02 Å². The summed E-state index contributed by atoms with van der Waals surface area (Å²) in [5.41, 5.74) is 0.968. The van der Waals surface area contributed by atoms with Gasteiger partial charge in [-0.15, -0.1) is 11.3 Å². The zero-order valence-electron chi connectivity index (χ0n) is 19.5. The van der Waals surface area contributed by atoms with Gasteiger partial charge >= 0.3 is 8.03 Å². The summed E-state index contributed by atoms with van der Waals surface area (Å²) in [6.07, 6.45) is 2.44. The van der Waals surface area contributed by atoms with E-state index in [4.69, 9.17) is 16.7 Å². The van der Waals surface area contributed by atoms with Gasteiger partial charge in [-0.2, -0.15) is 4.89 Å². The molecule has 0 saturated carbocycles. The van der Waals surface area contributed by atoms with Crippen molar-refractivity contribution in [1.82, 2.24) is 5.32 Å². The van der Waals surface area contributed by atoms with Crippen molar-refractivity contribution in [3.63, 3.8) is 0 Å². The van der Waals surface area contributed by atoms with Crippen molar-refractivity contribution in [3.8, 4) is 0 Å². The van der Waals surface area contributed by atoms with E-state index in [-0.39, 0.29) is 12.8 Å². The minimum Gasteiger partial charge on any atom is -0.391 e. The van der Waals surface area contributed by atoms with Crippen molar-refractivity contribution in [2.24, 2.45) is 0 Å². The SMILES string of the molecule is C[N+](C)(C)CCO.O=C(N/C=C/c1ccc(F)c(F)c1)C(C[P+](=O)O)c1csc2ccc(Cl)cc12. The van der Waals surface area contributed by atoms with Gasteiger partial charge in [0.15, 0.2) is 17.8 Å². The van der Waals surface area contributed by atoms with Gasteiger partial charge in [0, 0.05) is 15.9 Å². The molecule has 3 rings (SSSR count). The molecule has 0 spiro atoms. The standard InChI is InChI=1S/C19H13ClF2NO3PS.C5H14NO/c20-12-2-4-18-13(8-12)15(10-28-18)14(9-27(25)26)19(24)23-6-5-11-1-3-16(21)17(22)7-11;1-6(2,3)4-5-7/h1-8,10,14H,9H2,(H-,23,24,25,26);7H,4-5H2,1-3H3/q;+1/p+1/b6-5+;. The number of aliphatic hydroxyl groups is 1. The molecule has 1 aromatic heterocycles. The van der Waals surface area contributed by atoms with Crippen LogP contribution >= 0.6 is 31.0 Å². The number of rotatable bonds is 8. The molecule has 1 heterocycles. The number of carbonyl (C=O) groups is 1. The Morgan fingerprint density at radius 2 is 1.91 bits per heavy atom. The van der Waals surface area contributed by atoms with E-state index in [0.717, 1.165) is 33.2 Å². The molecule has 0 aliphatic rings. The number of thiophene rings is 1. The molecule has 2 atom stereocenters. The quantitative estimate of drug-likeness (QED) is 0.271. The second-order valence-corrected chi connectivity index (χ2v) is 11.1. The lowest BCUT2D eigenvalue weighted by molar-refractivity contribution is -0.870. The summed E-state index contributed by atoms with van der Waals surface area (Å²) in [6, 6.07) is 8.60. The molecule has 35 heavy (non-hydrogen) atoms. The number of fused-ring (bicyclic) bond motifs is 1. The van der Waals surface area contributed by atoms with E-state index < -0.39 is 31.5 Å². The first-order valence-electron chi connectivity index (χ1n) is 10.5. The molecule has 1 amide bonds. The normalized spacial score (nSPS) is 12.9. The molecule has 0 saturated heterocycles. The predicted molar refractivity (Wildman–Crippen MR) is 138 cm³/mol. The molecular weight excluding hydrogens is 517 g/mol. The van der Waals surface area contributed by atoms with Crippen LogP contribution in [0.5, 0.6) is 0 Å². The Bertz CT molecular complexity index is 1210. The van der Waals surface area contributed by atoms with Gasteiger partial charge in [-0.3, -0.25) is 4.79 Å². The molecule has 2 unspecified atom stereocenters. The number of amides is 1. The third kappa shape index (κ3) is 9.37. The highest BCUT2D eigenvalue weighted by Crippen LogP contribution is 2.36. The second kappa shape index (κ2) is 13.2. The Labute approximate surface area is 212 Å². The fourth-order valence-corrected chi connectivity index (χ4v) is 4.85. The Morgan fingerprint density at radius 3 is 2.49 bits per heavy atom. The van der Waals surface area contributed by atoms with Gasteiger partial charge < -0.3 is 14.9 Å². The number of hydrogen-bond donors (Lipinski definition) is 3. The summed E-state index contributed by atoms with van der Waals surface area (Å²) in [6.45, 7) is 1.11. The lowest BCUT2D eigenvalue weighted by Crippen LogP contribution is -2.36. The molecule has 0 bridgehead atoms. The average Bonchev–Trinajstić information content (AvgIpc) is 3.16. The first-order valence-corrected chi connectivity index (χ1v) is 13.2. The summed E-state index contributed by atoms with van der Waals surface area (Å²) < 4.78 is 39.4. The van der Waals surface area contributed by atoms with Crippen LogP contribution in [0.25, 0.3) is 16.2 Å². The highest BCUT2D eigenvalue weighted by atomic mass is 35.5. The summed E-state index contributed by atoms with van der Waals surface area (Å²) in [7, 11) is 3.59. The second-order valence-electron chi connectivity index (χ2n) is 8.67. The summed E-state index contributed by atoms with van der Waals surface area (Å²) in [5.74, 6) is -3.31. The number of hydrogen-bond acceptors (Lipinski definition) is 4. The summed E-state index contributed by atoms with van der Waals surface area (Å²) in [5, 5.41) is 13.9. The molecule has 0 aliphatic heterocycles. The van der Waals surface area contributed by atoms with Gasteiger partial charge in [-0.1, -0.05) is 17.7 Å². The van der Waals surface area contributed by atoms with E-state index in [1.54, 1.807) is 17.5 Å². The fourth-order valence-electron chi connectivity index (χ4n) is 3.01. The van der Waals surface area contributed by atoms with Gasteiger partial charge in [0.1, 0.15) is 12.5 Å². The molecule has 3 aromatic rings. The van der Waals surface area contributed by atoms with Crippen molar-refractivity contribution >= 4 is 53.0 Å². The van der Waals surface area contributed by atoms with Gasteiger partial charge in [0.05, 0.1) is 27.7 Å². The largest absolute Gasteiger partial charge is 0.506 e. The molecule has 11 heteroatoms. The lowest BCUT2D eigenvalue weighted by Gasteiger charge is -2.21. The van der Waals surface area contributed by atoms with E-state index >= 15 is 0 Å². The van der Waals surface area contributed by atoms with Gasteiger partial charge in [-0.05, 0) is 62.9 Å². The van der Waals surface area contributed by atoms with Crippen LogP contribution in [-0.4, -0.2) is 60.8 Å². The van der Waals surface area contributed by atoms with Gasteiger partial charge in [0.25, 0.3) is 0 Å². The molecule has 3 N–H and O–H groups in total. The maximum absolute atomic E-state index is 13.2. The number of nitrogens with one attached hydrogen (secondary N) is 1. The number of aliphatic hydroxyl groups excluding tert-OH is 1. The van der Waals surface area contributed by atoms with Crippen molar-refractivity contribution in [2.45, 2.75) is 5.92 Å². The minimum atomic E-state index is -2.56. The number of halogens is 3. The summed E-state index contributed by atoms with van der Waals surface area (Å²) in [4.78, 5) is 22.0.